The van der Waals surface area contributed by atoms with Crippen molar-refractivity contribution in [3.63, 3.8) is 0 Å². The highest BCUT2D eigenvalue weighted by atomic mass is 19.2. The van der Waals surface area contributed by atoms with Crippen molar-refractivity contribution in [2.24, 2.45) is 0 Å². The molecule has 0 aliphatic heterocycles. The van der Waals surface area contributed by atoms with E-state index < -0.39 is 23.5 Å². The fourth-order valence-electron chi connectivity index (χ4n) is 1.49. The Hall–Kier alpha value is -2.70. The Bertz CT molecular complexity index is 666. The summed E-state index contributed by atoms with van der Waals surface area (Å²) in [7, 11) is 0. The van der Waals surface area contributed by atoms with Crippen LogP contribution in [0.15, 0.2) is 34.9 Å². The van der Waals surface area contributed by atoms with Crippen molar-refractivity contribution in [3.05, 3.63) is 59.1 Å². The Morgan fingerprint density at radius 2 is 1.95 bits per heavy atom. The lowest BCUT2D eigenvalue weighted by Crippen LogP contribution is -2.22. The van der Waals surface area contributed by atoms with Crippen molar-refractivity contribution in [1.29, 1.82) is 0 Å². The molecule has 104 valence electrons. The number of carbonyl (C=O) groups excluding carboxylic acids is 1. The third kappa shape index (κ3) is 3.00. The zero-order chi connectivity index (χ0) is 14.7. The summed E-state index contributed by atoms with van der Waals surface area (Å²) in [6, 6.07) is 4.30. The number of halogens is 2. The van der Waals surface area contributed by atoms with Gasteiger partial charge in [-0.3, -0.25) is 4.79 Å². The number of aromatic carboxylic acids is 1. The van der Waals surface area contributed by atoms with Gasteiger partial charge in [0.25, 0.3) is 5.91 Å². The molecule has 0 saturated carbocycles. The molecule has 2 aromatic rings. The standard InChI is InChI=1S/C13H9F2NO4/c14-9-2-1-7(3-10(9)15)5-16-12(17)11-4-8(6-20-11)13(18)19/h1-4,6H,5H2,(H,16,17)(H,18,19). The first kappa shape index (κ1) is 13.7. The number of hydrogen-bond donors (Lipinski definition) is 2. The quantitative estimate of drug-likeness (QED) is 0.900. The van der Waals surface area contributed by atoms with Crippen LogP contribution in [0.5, 0.6) is 0 Å². The Balaban J connectivity index is 2.00. The predicted octanol–water partition coefficient (Wildman–Crippen LogP) is 2.19. The Kier molecular flexibility index (Phi) is 3.79. The van der Waals surface area contributed by atoms with Crippen molar-refractivity contribution in [1.82, 2.24) is 5.32 Å². The summed E-state index contributed by atoms with van der Waals surface area (Å²) >= 11 is 0. The fourth-order valence-corrected chi connectivity index (χ4v) is 1.49. The molecular weight excluding hydrogens is 272 g/mol. The lowest BCUT2D eigenvalue weighted by molar-refractivity contribution is 0.0696. The molecule has 0 bridgehead atoms. The molecule has 2 rings (SSSR count). The number of benzene rings is 1. The molecule has 1 amide bonds. The van der Waals surface area contributed by atoms with E-state index in [1.54, 1.807) is 0 Å². The number of amides is 1. The van der Waals surface area contributed by atoms with Crippen LogP contribution in [0.25, 0.3) is 0 Å². The highest BCUT2D eigenvalue weighted by Crippen LogP contribution is 2.10. The van der Waals surface area contributed by atoms with Crippen LogP contribution in [0, 0.1) is 11.6 Å². The maximum Gasteiger partial charge on any atom is 0.338 e. The van der Waals surface area contributed by atoms with Crippen LogP contribution < -0.4 is 5.32 Å². The minimum Gasteiger partial charge on any atom is -0.478 e. The van der Waals surface area contributed by atoms with Crippen molar-refractivity contribution < 1.29 is 27.9 Å². The van der Waals surface area contributed by atoms with Gasteiger partial charge in [0.05, 0.1) is 5.56 Å². The van der Waals surface area contributed by atoms with Crippen molar-refractivity contribution in [3.8, 4) is 0 Å². The number of carbonyl (C=O) groups is 2. The van der Waals surface area contributed by atoms with E-state index in [4.69, 9.17) is 9.52 Å². The van der Waals surface area contributed by atoms with Crippen LogP contribution in [-0.4, -0.2) is 17.0 Å². The topological polar surface area (TPSA) is 79.5 Å². The van der Waals surface area contributed by atoms with E-state index in [0.29, 0.717) is 5.56 Å². The SMILES string of the molecule is O=C(O)c1coc(C(=O)NCc2ccc(F)c(F)c2)c1. The molecule has 1 aromatic carbocycles. The van der Waals surface area contributed by atoms with E-state index in [0.717, 1.165) is 24.5 Å². The third-order valence-electron chi connectivity index (χ3n) is 2.51. The van der Waals surface area contributed by atoms with Gasteiger partial charge in [0.2, 0.25) is 0 Å². The van der Waals surface area contributed by atoms with E-state index in [9.17, 15) is 18.4 Å². The number of furan rings is 1. The van der Waals surface area contributed by atoms with Gasteiger partial charge >= 0.3 is 5.97 Å². The summed E-state index contributed by atoms with van der Waals surface area (Å²) in [5.41, 5.74) is 0.213. The predicted molar refractivity (Wildman–Crippen MR) is 63.2 cm³/mol. The lowest BCUT2D eigenvalue weighted by Gasteiger charge is -2.03. The molecule has 0 radical (unpaired) electrons. The molecule has 0 saturated heterocycles. The van der Waals surface area contributed by atoms with Crippen molar-refractivity contribution >= 4 is 11.9 Å². The normalized spacial score (nSPS) is 10.3. The van der Waals surface area contributed by atoms with E-state index >= 15 is 0 Å². The van der Waals surface area contributed by atoms with Crippen LogP contribution in [0.4, 0.5) is 8.78 Å². The average molecular weight is 281 g/mol. The van der Waals surface area contributed by atoms with E-state index in [-0.39, 0.29) is 17.9 Å². The molecule has 2 N–H and O–H groups in total. The minimum absolute atomic E-state index is 0.0425. The summed E-state index contributed by atoms with van der Waals surface area (Å²) in [4.78, 5) is 22.3. The molecule has 0 atom stereocenters. The van der Waals surface area contributed by atoms with E-state index in [1.165, 1.54) is 6.07 Å². The van der Waals surface area contributed by atoms with Crippen LogP contribution >= 0.6 is 0 Å². The number of carboxylic acids is 1. The van der Waals surface area contributed by atoms with Gasteiger partial charge in [0.1, 0.15) is 6.26 Å². The second-order valence-electron chi connectivity index (χ2n) is 3.94. The van der Waals surface area contributed by atoms with E-state index in [1.807, 2.05) is 0 Å². The van der Waals surface area contributed by atoms with Gasteiger partial charge in [0.15, 0.2) is 17.4 Å². The Labute approximate surface area is 111 Å². The number of carboxylic acid groups (broad SMARTS) is 1. The second kappa shape index (κ2) is 5.52. The fraction of sp³-hybridized carbons (Fsp3) is 0.0769. The van der Waals surface area contributed by atoms with Gasteiger partial charge in [-0.1, -0.05) is 6.07 Å². The first-order valence-corrected chi connectivity index (χ1v) is 5.51. The van der Waals surface area contributed by atoms with Gasteiger partial charge in [0, 0.05) is 12.6 Å². The highest BCUT2D eigenvalue weighted by Gasteiger charge is 2.14. The van der Waals surface area contributed by atoms with Gasteiger partial charge in [-0.05, 0) is 17.7 Å². The molecule has 0 aliphatic carbocycles. The molecule has 1 heterocycles. The summed E-state index contributed by atoms with van der Waals surface area (Å²) < 4.78 is 30.4. The molecular formula is C13H9F2NO4. The first-order chi connectivity index (χ1) is 9.47. The maximum atomic E-state index is 12.9. The lowest BCUT2D eigenvalue weighted by atomic mass is 10.2. The Morgan fingerprint density at radius 3 is 2.55 bits per heavy atom. The average Bonchev–Trinajstić information content (AvgIpc) is 2.89. The first-order valence-electron chi connectivity index (χ1n) is 5.51. The summed E-state index contributed by atoms with van der Waals surface area (Å²) in [5.74, 6) is -4.03. The number of rotatable bonds is 4. The van der Waals surface area contributed by atoms with Gasteiger partial charge in [-0.25, -0.2) is 13.6 Å². The molecule has 0 aliphatic rings. The number of hydrogen-bond acceptors (Lipinski definition) is 3. The minimum atomic E-state index is -1.21. The highest BCUT2D eigenvalue weighted by molar-refractivity contribution is 5.95. The molecule has 1 aromatic heterocycles. The summed E-state index contributed by atoms with van der Waals surface area (Å²) in [5, 5.41) is 11.1. The van der Waals surface area contributed by atoms with Gasteiger partial charge in [-0.15, -0.1) is 0 Å². The third-order valence-corrected chi connectivity index (χ3v) is 2.51. The van der Waals surface area contributed by atoms with Crippen LogP contribution in [0.3, 0.4) is 0 Å². The molecule has 20 heavy (non-hydrogen) atoms. The second-order valence-corrected chi connectivity index (χ2v) is 3.94. The van der Waals surface area contributed by atoms with E-state index in [2.05, 4.69) is 5.32 Å². The van der Waals surface area contributed by atoms with Gasteiger partial charge in [-0.2, -0.15) is 0 Å². The molecule has 7 heteroatoms. The van der Waals surface area contributed by atoms with Crippen molar-refractivity contribution in [2.75, 3.05) is 0 Å². The smallest absolute Gasteiger partial charge is 0.338 e. The summed E-state index contributed by atoms with van der Waals surface area (Å²) in [6.45, 7) is -0.0425. The maximum absolute atomic E-state index is 12.9. The van der Waals surface area contributed by atoms with Crippen molar-refractivity contribution in [2.45, 2.75) is 6.54 Å². The molecule has 0 fully saturated rings. The molecule has 5 nitrogen and oxygen atoms in total. The molecule has 0 unspecified atom stereocenters. The summed E-state index contributed by atoms with van der Waals surface area (Å²) in [6.07, 6.45) is 0.939. The number of nitrogens with one attached hydrogen (secondary N) is 1. The van der Waals surface area contributed by atoms with Crippen LogP contribution in [-0.2, 0) is 6.54 Å². The van der Waals surface area contributed by atoms with Crippen LogP contribution in [0.2, 0.25) is 0 Å². The zero-order valence-corrected chi connectivity index (χ0v) is 10.0. The molecule has 0 spiro atoms. The zero-order valence-electron chi connectivity index (χ0n) is 10.0. The largest absolute Gasteiger partial charge is 0.478 e. The van der Waals surface area contributed by atoms with Crippen LogP contribution in [0.1, 0.15) is 26.5 Å². The monoisotopic (exact) mass is 281 g/mol. The van der Waals surface area contributed by atoms with Gasteiger partial charge < -0.3 is 14.8 Å². The Morgan fingerprint density at radius 1 is 1.20 bits per heavy atom.